The zero-order chi connectivity index (χ0) is 13.0. The van der Waals surface area contributed by atoms with Crippen LogP contribution in [0.4, 0.5) is 0 Å². The second-order valence-corrected chi connectivity index (χ2v) is 5.79. The first-order valence-electron chi connectivity index (χ1n) is 5.74. The van der Waals surface area contributed by atoms with Crippen molar-refractivity contribution in [2.75, 3.05) is 0 Å². The van der Waals surface area contributed by atoms with Crippen molar-refractivity contribution in [2.24, 2.45) is 5.73 Å². The fraction of sp³-hybridized carbons (Fsp3) is 0.214. The molecule has 1 aromatic carbocycles. The van der Waals surface area contributed by atoms with Crippen molar-refractivity contribution in [3.63, 3.8) is 0 Å². The highest BCUT2D eigenvalue weighted by atomic mass is 35.5. The van der Waals surface area contributed by atoms with Gasteiger partial charge in [0.05, 0.1) is 5.25 Å². The average molecular weight is 279 g/mol. The summed E-state index contributed by atoms with van der Waals surface area (Å²) < 4.78 is 0. The molecule has 0 aliphatic carbocycles. The van der Waals surface area contributed by atoms with Crippen LogP contribution < -0.4 is 5.73 Å². The van der Waals surface area contributed by atoms with Crippen LogP contribution in [-0.2, 0) is 0 Å². The highest BCUT2D eigenvalue weighted by molar-refractivity contribution is 7.99. The lowest BCUT2D eigenvalue weighted by Gasteiger charge is -2.20. The first-order valence-corrected chi connectivity index (χ1v) is 7.00. The number of hydrogen-bond acceptors (Lipinski definition) is 3. The second kappa shape index (κ2) is 6.23. The number of nitrogens with zero attached hydrogens (tertiary/aromatic N) is 1. The van der Waals surface area contributed by atoms with Gasteiger partial charge in [-0.15, -0.1) is 11.8 Å². The van der Waals surface area contributed by atoms with Gasteiger partial charge in [-0.3, -0.25) is 4.98 Å². The Morgan fingerprint density at radius 1 is 1.28 bits per heavy atom. The van der Waals surface area contributed by atoms with Crippen LogP contribution in [0.25, 0.3) is 0 Å². The van der Waals surface area contributed by atoms with Gasteiger partial charge in [-0.25, -0.2) is 0 Å². The normalized spacial score (nSPS) is 14.2. The Bertz CT molecular complexity index is 502. The Morgan fingerprint density at radius 3 is 2.72 bits per heavy atom. The lowest BCUT2D eigenvalue weighted by molar-refractivity contribution is 0.719. The van der Waals surface area contributed by atoms with Gasteiger partial charge in [0.2, 0.25) is 0 Å². The zero-order valence-electron chi connectivity index (χ0n) is 10.1. The van der Waals surface area contributed by atoms with Crippen molar-refractivity contribution in [1.29, 1.82) is 0 Å². The number of aromatic nitrogens is 1. The molecule has 0 aliphatic rings. The van der Waals surface area contributed by atoms with Crippen LogP contribution in [0.15, 0.2) is 53.7 Å². The van der Waals surface area contributed by atoms with E-state index < -0.39 is 0 Å². The largest absolute Gasteiger partial charge is 0.327 e. The smallest absolute Gasteiger partial charge is 0.0508 e. The summed E-state index contributed by atoms with van der Waals surface area (Å²) in [6, 6.07) is 11.9. The summed E-state index contributed by atoms with van der Waals surface area (Å²) >= 11 is 7.71. The number of nitrogens with two attached hydrogens (primary N) is 1. The standard InChI is InChI=1S/C14H15ClN2S/c1-10(16)14(11-4-3-7-17-9-11)18-13-6-2-5-12(15)8-13/h2-10,14H,16H2,1H3. The Hall–Kier alpha value is -1.03. The predicted octanol–water partition coefficient (Wildman–Crippen LogP) is 3.92. The van der Waals surface area contributed by atoms with Gasteiger partial charge in [0, 0.05) is 28.4 Å². The van der Waals surface area contributed by atoms with E-state index in [1.807, 2.05) is 43.5 Å². The zero-order valence-corrected chi connectivity index (χ0v) is 11.7. The Kier molecular flexibility index (Phi) is 4.64. The molecule has 1 aromatic heterocycles. The van der Waals surface area contributed by atoms with Crippen LogP contribution in [-0.4, -0.2) is 11.0 Å². The maximum atomic E-state index is 6.07. The lowest BCUT2D eigenvalue weighted by atomic mass is 10.1. The molecule has 0 saturated heterocycles. The molecule has 18 heavy (non-hydrogen) atoms. The van der Waals surface area contributed by atoms with Crippen molar-refractivity contribution in [3.05, 3.63) is 59.4 Å². The SMILES string of the molecule is CC(N)C(Sc1cccc(Cl)c1)c1cccnc1. The fourth-order valence-electron chi connectivity index (χ4n) is 1.71. The van der Waals surface area contributed by atoms with Gasteiger partial charge in [-0.05, 0) is 36.8 Å². The Labute approximate surface area is 117 Å². The van der Waals surface area contributed by atoms with Crippen LogP contribution in [0.1, 0.15) is 17.7 Å². The molecule has 1 heterocycles. The van der Waals surface area contributed by atoms with E-state index in [0.29, 0.717) is 0 Å². The Balaban J connectivity index is 2.22. The molecule has 0 spiro atoms. The van der Waals surface area contributed by atoms with Crippen molar-refractivity contribution >= 4 is 23.4 Å². The van der Waals surface area contributed by atoms with Crippen LogP contribution in [0.5, 0.6) is 0 Å². The summed E-state index contributed by atoms with van der Waals surface area (Å²) in [5.41, 5.74) is 7.21. The summed E-state index contributed by atoms with van der Waals surface area (Å²) in [6.45, 7) is 2.01. The predicted molar refractivity (Wildman–Crippen MR) is 77.9 cm³/mol. The third-order valence-corrected chi connectivity index (χ3v) is 4.27. The molecular weight excluding hydrogens is 264 g/mol. The molecule has 2 N–H and O–H groups in total. The molecule has 94 valence electrons. The van der Waals surface area contributed by atoms with E-state index >= 15 is 0 Å². The van der Waals surface area contributed by atoms with E-state index in [4.69, 9.17) is 17.3 Å². The van der Waals surface area contributed by atoms with Crippen LogP contribution in [0.3, 0.4) is 0 Å². The maximum absolute atomic E-state index is 6.07. The second-order valence-electron chi connectivity index (χ2n) is 4.14. The van der Waals surface area contributed by atoms with Crippen molar-refractivity contribution in [3.8, 4) is 0 Å². The van der Waals surface area contributed by atoms with E-state index in [1.54, 1.807) is 18.0 Å². The van der Waals surface area contributed by atoms with Crippen molar-refractivity contribution in [1.82, 2.24) is 4.98 Å². The molecule has 0 amide bonds. The Morgan fingerprint density at radius 2 is 2.11 bits per heavy atom. The number of thioether (sulfide) groups is 1. The topological polar surface area (TPSA) is 38.9 Å². The quantitative estimate of drug-likeness (QED) is 0.862. The third kappa shape index (κ3) is 3.48. The number of pyridine rings is 1. The summed E-state index contributed by atoms with van der Waals surface area (Å²) in [6.07, 6.45) is 3.64. The molecule has 2 atom stereocenters. The van der Waals surface area contributed by atoms with Crippen LogP contribution in [0, 0.1) is 0 Å². The van der Waals surface area contributed by atoms with Gasteiger partial charge in [0.15, 0.2) is 0 Å². The van der Waals surface area contributed by atoms with Crippen LogP contribution in [0.2, 0.25) is 5.02 Å². The van der Waals surface area contributed by atoms with E-state index in [2.05, 4.69) is 11.1 Å². The van der Waals surface area contributed by atoms with Crippen molar-refractivity contribution in [2.45, 2.75) is 23.1 Å². The van der Waals surface area contributed by atoms with E-state index in [-0.39, 0.29) is 11.3 Å². The monoisotopic (exact) mass is 278 g/mol. The molecule has 2 rings (SSSR count). The highest BCUT2D eigenvalue weighted by Gasteiger charge is 2.17. The van der Waals surface area contributed by atoms with Gasteiger partial charge in [-0.1, -0.05) is 23.7 Å². The van der Waals surface area contributed by atoms with E-state index in [9.17, 15) is 0 Å². The van der Waals surface area contributed by atoms with Gasteiger partial charge < -0.3 is 5.73 Å². The minimum Gasteiger partial charge on any atom is -0.327 e. The van der Waals surface area contributed by atoms with Crippen LogP contribution >= 0.6 is 23.4 Å². The first-order chi connectivity index (χ1) is 8.66. The molecule has 2 unspecified atom stereocenters. The van der Waals surface area contributed by atoms with E-state index in [1.165, 1.54) is 0 Å². The molecule has 0 saturated carbocycles. The summed E-state index contributed by atoms with van der Waals surface area (Å²) in [5, 5.41) is 0.923. The molecule has 2 aromatic rings. The number of hydrogen-bond donors (Lipinski definition) is 1. The van der Waals surface area contributed by atoms with E-state index in [0.717, 1.165) is 15.5 Å². The van der Waals surface area contributed by atoms with Gasteiger partial charge in [-0.2, -0.15) is 0 Å². The summed E-state index contributed by atoms with van der Waals surface area (Å²) in [5.74, 6) is 0. The minimum absolute atomic E-state index is 0.0400. The molecule has 0 bridgehead atoms. The summed E-state index contributed by atoms with van der Waals surface area (Å²) in [7, 11) is 0. The molecule has 0 fully saturated rings. The third-order valence-electron chi connectivity index (χ3n) is 2.55. The minimum atomic E-state index is 0.0400. The molecule has 0 aliphatic heterocycles. The first kappa shape index (κ1) is 13.4. The van der Waals surface area contributed by atoms with Gasteiger partial charge >= 0.3 is 0 Å². The van der Waals surface area contributed by atoms with Gasteiger partial charge in [0.1, 0.15) is 0 Å². The lowest BCUT2D eigenvalue weighted by Crippen LogP contribution is -2.22. The van der Waals surface area contributed by atoms with Crippen molar-refractivity contribution < 1.29 is 0 Å². The number of benzene rings is 1. The highest BCUT2D eigenvalue weighted by Crippen LogP contribution is 2.37. The number of rotatable bonds is 4. The molecule has 0 radical (unpaired) electrons. The average Bonchev–Trinajstić information content (AvgIpc) is 2.37. The number of halogens is 1. The molecule has 2 nitrogen and oxygen atoms in total. The molecular formula is C14H15ClN2S. The summed E-state index contributed by atoms with van der Waals surface area (Å²) in [4.78, 5) is 5.27. The maximum Gasteiger partial charge on any atom is 0.0508 e. The molecule has 4 heteroatoms. The van der Waals surface area contributed by atoms with Gasteiger partial charge in [0.25, 0.3) is 0 Å². The fourth-order valence-corrected chi connectivity index (χ4v) is 3.10.